The molecule has 0 aliphatic heterocycles. The van der Waals surface area contributed by atoms with E-state index in [1.807, 2.05) is 30.3 Å². The van der Waals surface area contributed by atoms with Crippen LogP contribution >= 0.6 is 11.6 Å². The summed E-state index contributed by atoms with van der Waals surface area (Å²) < 4.78 is 5.63. The highest BCUT2D eigenvalue weighted by atomic mass is 35.5. The first kappa shape index (κ1) is 18.9. The lowest BCUT2D eigenvalue weighted by molar-refractivity contribution is -0.384. The molecule has 29 heavy (non-hydrogen) atoms. The molecule has 146 valence electrons. The Morgan fingerprint density at radius 3 is 2.76 bits per heavy atom. The molecule has 4 rings (SSSR count). The van der Waals surface area contributed by atoms with Gasteiger partial charge in [0.15, 0.2) is 0 Å². The summed E-state index contributed by atoms with van der Waals surface area (Å²) in [4.78, 5) is 22.7. The number of benzene rings is 2. The van der Waals surface area contributed by atoms with E-state index in [-0.39, 0.29) is 28.5 Å². The summed E-state index contributed by atoms with van der Waals surface area (Å²) in [5.41, 5.74) is 4.02. The zero-order chi connectivity index (χ0) is 20.4. The van der Waals surface area contributed by atoms with Crippen molar-refractivity contribution in [2.24, 2.45) is 11.0 Å². The van der Waals surface area contributed by atoms with E-state index in [2.05, 4.69) is 10.5 Å². The van der Waals surface area contributed by atoms with Crippen molar-refractivity contribution in [2.45, 2.75) is 12.3 Å². The fourth-order valence-electron chi connectivity index (χ4n) is 3.18. The second kappa shape index (κ2) is 7.89. The number of furan rings is 1. The molecule has 1 amide bonds. The van der Waals surface area contributed by atoms with Crippen LogP contribution in [0.15, 0.2) is 70.2 Å². The van der Waals surface area contributed by atoms with Gasteiger partial charge in [-0.05, 0) is 42.2 Å². The molecule has 8 heteroatoms. The first-order valence-electron chi connectivity index (χ1n) is 8.95. The van der Waals surface area contributed by atoms with Crippen molar-refractivity contribution >= 4 is 29.4 Å². The molecular formula is C21H16ClN3O4. The van der Waals surface area contributed by atoms with Gasteiger partial charge in [0.2, 0.25) is 5.91 Å². The van der Waals surface area contributed by atoms with Gasteiger partial charge in [-0.15, -0.1) is 0 Å². The van der Waals surface area contributed by atoms with Gasteiger partial charge in [0.1, 0.15) is 16.5 Å². The zero-order valence-electron chi connectivity index (χ0n) is 15.1. The van der Waals surface area contributed by atoms with Crippen LogP contribution in [-0.4, -0.2) is 17.0 Å². The highest BCUT2D eigenvalue weighted by Crippen LogP contribution is 2.47. The van der Waals surface area contributed by atoms with Crippen LogP contribution in [0.4, 0.5) is 5.69 Å². The smallest absolute Gasteiger partial charge is 0.288 e. The summed E-state index contributed by atoms with van der Waals surface area (Å²) >= 11 is 5.83. The van der Waals surface area contributed by atoms with E-state index in [0.29, 0.717) is 17.1 Å². The molecule has 2 unspecified atom stereocenters. The standard InChI is InChI=1S/C21H16ClN3O4/c22-18-8-6-14(10-19(18)25(27)28)20-9-7-15(29-20)12-23-24-21(26)17-11-16(17)13-4-2-1-3-5-13/h1-10,12,16-17H,11H2,(H,24,26). The topological polar surface area (TPSA) is 97.7 Å². The largest absolute Gasteiger partial charge is 0.455 e. The Hall–Kier alpha value is -3.45. The van der Waals surface area contributed by atoms with E-state index in [4.69, 9.17) is 16.0 Å². The fraction of sp³-hybridized carbons (Fsp3) is 0.143. The summed E-state index contributed by atoms with van der Waals surface area (Å²) in [6, 6.07) is 17.7. The number of nitro groups is 1. The first-order valence-corrected chi connectivity index (χ1v) is 9.33. The van der Waals surface area contributed by atoms with Crippen molar-refractivity contribution in [3.63, 3.8) is 0 Å². The number of hydrazone groups is 1. The lowest BCUT2D eigenvalue weighted by Crippen LogP contribution is -2.20. The quantitative estimate of drug-likeness (QED) is 0.360. The molecule has 2 aromatic carbocycles. The Morgan fingerprint density at radius 2 is 2.00 bits per heavy atom. The predicted molar refractivity (Wildman–Crippen MR) is 109 cm³/mol. The number of nitro benzene ring substituents is 1. The Kier molecular flexibility index (Phi) is 5.14. The van der Waals surface area contributed by atoms with Crippen LogP contribution in [0.3, 0.4) is 0 Å². The minimum atomic E-state index is -0.548. The maximum Gasteiger partial charge on any atom is 0.288 e. The van der Waals surface area contributed by atoms with Crippen LogP contribution in [0.25, 0.3) is 11.3 Å². The Labute approximate surface area is 171 Å². The van der Waals surface area contributed by atoms with Gasteiger partial charge in [-0.1, -0.05) is 41.9 Å². The van der Waals surface area contributed by atoms with Crippen molar-refractivity contribution in [2.75, 3.05) is 0 Å². The van der Waals surface area contributed by atoms with Gasteiger partial charge < -0.3 is 4.42 Å². The van der Waals surface area contributed by atoms with Gasteiger partial charge in [-0.25, -0.2) is 5.43 Å². The normalized spacial score (nSPS) is 18.0. The predicted octanol–water partition coefficient (Wildman–Crippen LogP) is 4.76. The van der Waals surface area contributed by atoms with Crippen molar-refractivity contribution in [3.05, 3.63) is 87.1 Å². The molecule has 2 atom stereocenters. The number of nitrogens with zero attached hydrogens (tertiary/aromatic N) is 2. The third-order valence-corrected chi connectivity index (χ3v) is 5.10. The fourth-order valence-corrected chi connectivity index (χ4v) is 3.37. The summed E-state index contributed by atoms with van der Waals surface area (Å²) in [6.07, 6.45) is 2.21. The summed E-state index contributed by atoms with van der Waals surface area (Å²) in [6.45, 7) is 0. The molecule has 1 heterocycles. The van der Waals surface area contributed by atoms with Crippen LogP contribution in [0.1, 0.15) is 23.7 Å². The van der Waals surface area contributed by atoms with Gasteiger partial charge >= 0.3 is 0 Å². The average Bonchev–Trinajstić information content (AvgIpc) is 3.40. The molecule has 0 spiro atoms. The van der Waals surface area contributed by atoms with E-state index in [9.17, 15) is 14.9 Å². The zero-order valence-corrected chi connectivity index (χ0v) is 15.9. The molecular weight excluding hydrogens is 394 g/mol. The second-order valence-electron chi connectivity index (χ2n) is 6.72. The molecule has 7 nitrogen and oxygen atoms in total. The second-order valence-corrected chi connectivity index (χ2v) is 7.13. The van der Waals surface area contributed by atoms with Crippen LogP contribution in [0, 0.1) is 16.0 Å². The molecule has 1 N–H and O–H groups in total. The van der Waals surface area contributed by atoms with Gasteiger partial charge in [0.25, 0.3) is 5.69 Å². The van der Waals surface area contributed by atoms with Gasteiger partial charge in [0, 0.05) is 17.5 Å². The van der Waals surface area contributed by atoms with Crippen molar-refractivity contribution in [1.29, 1.82) is 0 Å². The molecule has 1 aliphatic rings. The van der Waals surface area contributed by atoms with E-state index < -0.39 is 4.92 Å². The summed E-state index contributed by atoms with van der Waals surface area (Å²) in [7, 11) is 0. The molecule has 1 aromatic heterocycles. The van der Waals surface area contributed by atoms with Gasteiger partial charge in [0.05, 0.1) is 11.1 Å². The number of carbonyl (C=O) groups excluding carboxylic acids is 1. The number of amides is 1. The number of halogens is 1. The molecule has 0 radical (unpaired) electrons. The van der Waals surface area contributed by atoms with Crippen molar-refractivity contribution in [1.82, 2.24) is 5.43 Å². The van der Waals surface area contributed by atoms with Gasteiger partial charge in [-0.2, -0.15) is 5.10 Å². The first-order chi connectivity index (χ1) is 14.0. The van der Waals surface area contributed by atoms with E-state index in [1.54, 1.807) is 18.2 Å². The van der Waals surface area contributed by atoms with Crippen LogP contribution < -0.4 is 5.43 Å². The summed E-state index contributed by atoms with van der Waals surface area (Å²) in [5, 5.41) is 15.0. The van der Waals surface area contributed by atoms with Crippen LogP contribution in [0.5, 0.6) is 0 Å². The lowest BCUT2D eigenvalue weighted by Gasteiger charge is -2.00. The van der Waals surface area contributed by atoms with E-state index in [1.165, 1.54) is 18.3 Å². The number of hydrogen-bond acceptors (Lipinski definition) is 5. The van der Waals surface area contributed by atoms with Gasteiger partial charge in [-0.3, -0.25) is 14.9 Å². The lowest BCUT2D eigenvalue weighted by atomic mass is 10.1. The number of carbonyl (C=O) groups is 1. The van der Waals surface area contributed by atoms with E-state index >= 15 is 0 Å². The maximum atomic E-state index is 12.2. The summed E-state index contributed by atoms with van der Waals surface area (Å²) in [5.74, 6) is 0.881. The SMILES string of the molecule is O=C(NN=Cc1ccc(-c2ccc(Cl)c([N+](=O)[O-])c2)o1)C1CC1c1ccccc1. The monoisotopic (exact) mass is 409 g/mol. The minimum Gasteiger partial charge on any atom is -0.455 e. The molecule has 1 saturated carbocycles. The molecule has 1 fully saturated rings. The Morgan fingerprint density at radius 1 is 1.21 bits per heavy atom. The van der Waals surface area contributed by atoms with Crippen molar-refractivity contribution in [3.8, 4) is 11.3 Å². The van der Waals surface area contributed by atoms with Crippen molar-refractivity contribution < 1.29 is 14.1 Å². The Balaban J connectivity index is 1.37. The highest BCUT2D eigenvalue weighted by molar-refractivity contribution is 6.32. The van der Waals surface area contributed by atoms with Crippen LogP contribution in [-0.2, 0) is 4.79 Å². The minimum absolute atomic E-state index is 0.0590. The number of hydrogen-bond donors (Lipinski definition) is 1. The Bertz CT molecular complexity index is 1090. The maximum absolute atomic E-state index is 12.2. The number of rotatable bonds is 6. The van der Waals surface area contributed by atoms with Crippen LogP contribution in [0.2, 0.25) is 5.02 Å². The average molecular weight is 410 g/mol. The molecule has 3 aromatic rings. The number of nitrogens with one attached hydrogen (secondary N) is 1. The van der Waals surface area contributed by atoms with E-state index in [0.717, 1.165) is 12.0 Å². The molecule has 0 bridgehead atoms. The highest BCUT2D eigenvalue weighted by Gasteiger charge is 2.43. The molecule has 1 aliphatic carbocycles. The third-order valence-electron chi connectivity index (χ3n) is 4.78. The molecule has 0 saturated heterocycles. The third kappa shape index (κ3) is 4.20.